The Morgan fingerprint density at radius 3 is 1.40 bits per heavy atom. The monoisotopic (exact) mass is 341 g/mol. The Balaban J connectivity index is 2.33. The molecular formula is C24H21S+. The lowest BCUT2D eigenvalue weighted by Gasteiger charge is -2.14. The molecule has 3 rings (SSSR count). The maximum atomic E-state index is 4.05. The highest BCUT2D eigenvalue weighted by Gasteiger charge is 2.32. The highest BCUT2D eigenvalue weighted by molar-refractivity contribution is 7.97. The first-order valence-corrected chi connectivity index (χ1v) is 9.40. The van der Waals surface area contributed by atoms with E-state index in [2.05, 4.69) is 92.5 Å². The highest BCUT2D eigenvalue weighted by Crippen LogP contribution is 2.37. The Hall–Kier alpha value is -2.77. The van der Waals surface area contributed by atoms with Gasteiger partial charge in [0.05, 0.1) is 0 Å². The molecule has 3 aromatic rings. The third-order valence-electron chi connectivity index (χ3n) is 4.01. The molecule has 3 aromatic carbocycles. The van der Waals surface area contributed by atoms with Crippen LogP contribution in [0.5, 0.6) is 0 Å². The lowest BCUT2D eigenvalue weighted by Crippen LogP contribution is -2.09. The molecule has 0 saturated carbocycles. The fourth-order valence-corrected chi connectivity index (χ4v) is 5.20. The second kappa shape index (κ2) is 7.87. The van der Waals surface area contributed by atoms with Gasteiger partial charge in [0.25, 0.3) is 0 Å². The van der Waals surface area contributed by atoms with Gasteiger partial charge in [-0.25, -0.2) is 0 Å². The van der Waals surface area contributed by atoms with E-state index in [0.717, 1.165) is 16.7 Å². The lowest BCUT2D eigenvalue weighted by molar-refractivity contribution is 1.29. The van der Waals surface area contributed by atoms with Gasteiger partial charge in [-0.3, -0.25) is 0 Å². The zero-order valence-corrected chi connectivity index (χ0v) is 15.0. The van der Waals surface area contributed by atoms with Gasteiger partial charge in [-0.2, -0.15) is 0 Å². The van der Waals surface area contributed by atoms with E-state index in [9.17, 15) is 0 Å². The van der Waals surface area contributed by atoms with E-state index >= 15 is 0 Å². The Bertz CT molecular complexity index is 823. The number of rotatable bonds is 6. The van der Waals surface area contributed by atoms with E-state index in [1.54, 1.807) is 0 Å². The van der Waals surface area contributed by atoms with E-state index in [1.165, 1.54) is 14.7 Å². The van der Waals surface area contributed by atoms with Crippen LogP contribution in [0.15, 0.2) is 107 Å². The van der Waals surface area contributed by atoms with Crippen molar-refractivity contribution in [2.24, 2.45) is 0 Å². The SMILES string of the molecule is C=Cc1cc(C=C)c([S+](c2ccccc2)c2ccccc2)c(C=C)c1. The van der Waals surface area contributed by atoms with Crippen molar-refractivity contribution < 1.29 is 0 Å². The molecule has 0 fully saturated rings. The number of benzene rings is 3. The second-order valence-electron chi connectivity index (χ2n) is 5.57. The van der Waals surface area contributed by atoms with E-state index in [4.69, 9.17) is 0 Å². The summed E-state index contributed by atoms with van der Waals surface area (Å²) in [5.41, 5.74) is 3.34. The van der Waals surface area contributed by atoms with Crippen LogP contribution in [0, 0.1) is 0 Å². The van der Waals surface area contributed by atoms with E-state index < -0.39 is 0 Å². The van der Waals surface area contributed by atoms with Gasteiger partial charge in [-0.1, -0.05) is 74.4 Å². The first-order chi connectivity index (χ1) is 12.3. The van der Waals surface area contributed by atoms with Crippen molar-refractivity contribution in [3.05, 3.63) is 109 Å². The van der Waals surface area contributed by atoms with Gasteiger partial charge in [-0.15, -0.1) is 0 Å². The molecule has 0 radical (unpaired) electrons. The van der Waals surface area contributed by atoms with Crippen LogP contribution in [0.4, 0.5) is 0 Å². The minimum Gasteiger partial charge on any atom is -0.0985 e. The molecule has 0 heterocycles. The van der Waals surface area contributed by atoms with Gasteiger partial charge < -0.3 is 0 Å². The number of hydrogen-bond acceptors (Lipinski definition) is 0. The van der Waals surface area contributed by atoms with E-state index in [-0.39, 0.29) is 10.9 Å². The lowest BCUT2D eigenvalue weighted by atomic mass is 10.1. The van der Waals surface area contributed by atoms with Crippen molar-refractivity contribution in [2.75, 3.05) is 0 Å². The minimum atomic E-state index is -0.225. The fourth-order valence-electron chi connectivity index (χ4n) is 2.84. The molecule has 0 aliphatic rings. The molecule has 0 atom stereocenters. The zero-order valence-electron chi connectivity index (χ0n) is 14.2. The van der Waals surface area contributed by atoms with Crippen molar-refractivity contribution in [2.45, 2.75) is 14.7 Å². The predicted octanol–water partition coefficient (Wildman–Crippen LogP) is 6.71. The summed E-state index contributed by atoms with van der Waals surface area (Å²) in [6.45, 7) is 12.0. The Labute approximate surface area is 153 Å². The summed E-state index contributed by atoms with van der Waals surface area (Å²) in [7, 11) is -0.225. The second-order valence-corrected chi connectivity index (χ2v) is 7.54. The van der Waals surface area contributed by atoms with Crippen molar-refractivity contribution >= 4 is 29.1 Å². The van der Waals surface area contributed by atoms with Crippen molar-refractivity contribution in [3.63, 3.8) is 0 Å². The Morgan fingerprint density at radius 1 is 0.600 bits per heavy atom. The quantitative estimate of drug-likeness (QED) is 0.437. The molecule has 25 heavy (non-hydrogen) atoms. The Morgan fingerprint density at radius 2 is 1.04 bits per heavy atom. The van der Waals surface area contributed by atoms with Gasteiger partial charge >= 0.3 is 0 Å². The predicted molar refractivity (Wildman–Crippen MR) is 112 cm³/mol. The molecule has 0 nitrogen and oxygen atoms in total. The molecule has 0 bridgehead atoms. The van der Waals surface area contributed by atoms with Crippen LogP contribution < -0.4 is 0 Å². The summed E-state index contributed by atoms with van der Waals surface area (Å²) < 4.78 is 0. The van der Waals surface area contributed by atoms with Crippen molar-refractivity contribution in [1.29, 1.82) is 0 Å². The summed E-state index contributed by atoms with van der Waals surface area (Å²) in [5.74, 6) is 0. The molecule has 0 unspecified atom stereocenters. The van der Waals surface area contributed by atoms with Crippen LogP contribution >= 0.6 is 0 Å². The summed E-state index contributed by atoms with van der Waals surface area (Å²) in [6.07, 6.45) is 5.73. The maximum absolute atomic E-state index is 4.05. The van der Waals surface area contributed by atoms with E-state index in [1.807, 2.05) is 18.2 Å². The summed E-state index contributed by atoms with van der Waals surface area (Å²) in [6, 6.07) is 25.6. The first kappa shape index (κ1) is 17.1. The fraction of sp³-hybridized carbons (Fsp3) is 0. The van der Waals surface area contributed by atoms with Gasteiger partial charge in [-0.05, 0) is 42.0 Å². The van der Waals surface area contributed by atoms with Gasteiger partial charge in [0.15, 0.2) is 14.7 Å². The number of hydrogen-bond donors (Lipinski definition) is 0. The van der Waals surface area contributed by atoms with Gasteiger partial charge in [0, 0.05) is 11.1 Å². The molecule has 0 aliphatic heterocycles. The summed E-state index contributed by atoms with van der Waals surface area (Å²) >= 11 is 0. The maximum Gasteiger partial charge on any atom is 0.180 e. The molecule has 0 aliphatic carbocycles. The first-order valence-electron chi connectivity index (χ1n) is 8.18. The third-order valence-corrected chi connectivity index (χ3v) is 6.37. The standard InChI is InChI=1S/C24H21S/c1-4-19-17-20(5-2)24(21(6-3)18-19)25(22-13-9-7-10-14-22)23-15-11-8-12-16-23/h4-18H,1-3H2/q+1. The van der Waals surface area contributed by atoms with Gasteiger partial charge in [0.2, 0.25) is 0 Å². The van der Waals surface area contributed by atoms with E-state index in [0.29, 0.717) is 0 Å². The zero-order chi connectivity index (χ0) is 17.6. The van der Waals surface area contributed by atoms with Crippen molar-refractivity contribution in [1.82, 2.24) is 0 Å². The highest BCUT2D eigenvalue weighted by atomic mass is 32.2. The average Bonchev–Trinajstić information content (AvgIpc) is 2.69. The van der Waals surface area contributed by atoms with Crippen molar-refractivity contribution in [3.8, 4) is 0 Å². The van der Waals surface area contributed by atoms with Crippen LogP contribution in [0.1, 0.15) is 16.7 Å². The van der Waals surface area contributed by atoms with Crippen LogP contribution in [0.2, 0.25) is 0 Å². The third kappa shape index (κ3) is 3.52. The van der Waals surface area contributed by atoms with Crippen LogP contribution in [-0.2, 0) is 10.9 Å². The molecule has 122 valence electrons. The van der Waals surface area contributed by atoms with Gasteiger partial charge in [0.1, 0.15) is 10.9 Å². The molecule has 0 saturated heterocycles. The van der Waals surface area contributed by atoms with Crippen LogP contribution in [-0.4, -0.2) is 0 Å². The summed E-state index contributed by atoms with van der Waals surface area (Å²) in [5, 5.41) is 0. The molecular weight excluding hydrogens is 320 g/mol. The molecule has 0 N–H and O–H groups in total. The molecule has 0 spiro atoms. The normalized spacial score (nSPS) is 10.4. The van der Waals surface area contributed by atoms with Crippen LogP contribution in [0.3, 0.4) is 0 Å². The summed E-state index contributed by atoms with van der Waals surface area (Å²) in [4.78, 5) is 3.82. The smallest absolute Gasteiger partial charge is 0.0985 e. The largest absolute Gasteiger partial charge is 0.180 e. The molecule has 1 heteroatoms. The van der Waals surface area contributed by atoms with Crippen LogP contribution in [0.25, 0.3) is 18.2 Å². The molecule has 0 aromatic heterocycles. The minimum absolute atomic E-state index is 0.225. The average molecular weight is 341 g/mol. The topological polar surface area (TPSA) is 0 Å². The Kier molecular flexibility index (Phi) is 5.37. The molecule has 0 amide bonds.